The van der Waals surface area contributed by atoms with Crippen LogP contribution in [0.2, 0.25) is 0 Å². The second-order valence-electron chi connectivity index (χ2n) is 3.42. The normalized spacial score (nSPS) is 22.2. The van der Waals surface area contributed by atoms with Crippen molar-refractivity contribution in [2.45, 2.75) is 18.3 Å². The van der Waals surface area contributed by atoms with Gasteiger partial charge in [-0.05, 0) is 0 Å². The molecule has 1 rings (SSSR count). The van der Waals surface area contributed by atoms with Crippen molar-refractivity contribution in [2.75, 3.05) is 19.8 Å². The predicted molar refractivity (Wildman–Crippen MR) is 49.0 cm³/mol. The third kappa shape index (κ3) is 4.09. The molecule has 3 unspecified atom stereocenters. The van der Waals surface area contributed by atoms with Gasteiger partial charge in [-0.3, -0.25) is 0 Å². The van der Waals surface area contributed by atoms with Gasteiger partial charge in [-0.1, -0.05) is 0 Å². The second kappa shape index (κ2) is 7.95. The van der Waals surface area contributed by atoms with Crippen LogP contribution < -0.4 is 34.7 Å². The molecule has 0 aromatic rings. The van der Waals surface area contributed by atoms with E-state index in [0.29, 0.717) is 0 Å². The van der Waals surface area contributed by atoms with Gasteiger partial charge in [-0.2, -0.15) is 0 Å². The van der Waals surface area contributed by atoms with Crippen LogP contribution in [0.3, 0.4) is 0 Å². The number of aliphatic hydroxyl groups is 4. The molecule has 1 heterocycles. The number of carbonyl (C=O) groups is 1. The molecule has 0 spiro atoms. The zero-order valence-electron chi connectivity index (χ0n) is 9.78. The molecule has 8 nitrogen and oxygen atoms in total. The van der Waals surface area contributed by atoms with Crippen molar-refractivity contribution in [3.63, 3.8) is 0 Å². The average molecular weight is 272 g/mol. The first-order valence-electron chi connectivity index (χ1n) is 4.84. The van der Waals surface area contributed by atoms with Gasteiger partial charge in [0, 0.05) is 5.76 Å². The summed E-state index contributed by atoms with van der Waals surface area (Å²) < 4.78 is 9.31. The van der Waals surface area contributed by atoms with Crippen LogP contribution in [-0.4, -0.2) is 64.5 Å². The van der Waals surface area contributed by atoms with Crippen molar-refractivity contribution in [1.82, 2.24) is 0 Å². The molecule has 0 saturated heterocycles. The smallest absolute Gasteiger partial charge is 0.865 e. The summed E-state index contributed by atoms with van der Waals surface area (Å²) in [4.78, 5) is 11.0. The Bertz CT molecular complexity index is 318. The summed E-state index contributed by atoms with van der Waals surface area (Å²) in [5.41, 5.74) is 0. The van der Waals surface area contributed by atoms with Gasteiger partial charge in [-0.15, -0.1) is 0 Å². The van der Waals surface area contributed by atoms with Crippen LogP contribution in [0, 0.1) is 0 Å². The molecule has 1 aliphatic heterocycles. The van der Waals surface area contributed by atoms with Crippen LogP contribution in [0.5, 0.6) is 0 Å². The Kier molecular flexibility index (Phi) is 7.79. The molecule has 1 aliphatic rings. The van der Waals surface area contributed by atoms with Crippen LogP contribution in [0.4, 0.5) is 0 Å². The van der Waals surface area contributed by atoms with E-state index in [1.54, 1.807) is 0 Å². The fourth-order valence-corrected chi connectivity index (χ4v) is 1.19. The number of aliphatic hydroxyl groups excluding tert-OH is 4. The molecule has 0 aromatic carbocycles. The molecule has 0 bridgehead atoms. The van der Waals surface area contributed by atoms with Gasteiger partial charge in [0.25, 0.3) is 0 Å². The molecule has 0 saturated carbocycles. The van der Waals surface area contributed by atoms with Crippen LogP contribution in [-0.2, 0) is 14.3 Å². The van der Waals surface area contributed by atoms with E-state index in [0.717, 1.165) is 0 Å². The van der Waals surface area contributed by atoms with Crippen molar-refractivity contribution in [3.05, 3.63) is 11.5 Å². The number of esters is 1. The van der Waals surface area contributed by atoms with E-state index in [1.165, 1.54) is 0 Å². The molecule has 4 N–H and O–H groups in total. The number of ether oxygens (including phenoxy) is 2. The number of hydrogen-bond acceptors (Lipinski definition) is 8. The molecule has 98 valence electrons. The Labute approximate surface area is 125 Å². The molecule has 3 atom stereocenters. The summed E-state index contributed by atoms with van der Waals surface area (Å²) in [6.45, 7) is -1.73. The molecule has 0 radical (unpaired) electrons. The van der Waals surface area contributed by atoms with Crippen LogP contribution in [0.1, 0.15) is 0 Å². The van der Waals surface area contributed by atoms with Crippen molar-refractivity contribution in [2.24, 2.45) is 0 Å². The van der Waals surface area contributed by atoms with Crippen LogP contribution in [0.15, 0.2) is 11.5 Å². The summed E-state index contributed by atoms with van der Waals surface area (Å²) in [5, 5.41) is 46.8. The maximum Gasteiger partial charge on any atom is 1.00 e. The van der Waals surface area contributed by atoms with Crippen molar-refractivity contribution in [1.29, 1.82) is 0 Å². The Balaban J connectivity index is 0.00000289. The zero-order valence-corrected chi connectivity index (χ0v) is 11.8. The second-order valence-corrected chi connectivity index (χ2v) is 3.42. The van der Waals surface area contributed by atoms with Crippen LogP contribution in [0.25, 0.3) is 0 Å². The summed E-state index contributed by atoms with van der Waals surface area (Å²) in [5.74, 6) is -2.76. The topological polar surface area (TPSA) is 140 Å². The molecule has 18 heavy (non-hydrogen) atoms. The van der Waals surface area contributed by atoms with Crippen molar-refractivity contribution in [3.8, 4) is 0 Å². The van der Waals surface area contributed by atoms with Crippen LogP contribution >= 0.6 is 0 Å². The zero-order chi connectivity index (χ0) is 13.0. The van der Waals surface area contributed by atoms with Gasteiger partial charge in [0.1, 0.15) is 24.6 Å². The van der Waals surface area contributed by atoms with Gasteiger partial charge in [0.2, 0.25) is 0 Å². The first-order valence-corrected chi connectivity index (χ1v) is 4.84. The Morgan fingerprint density at radius 3 is 2.44 bits per heavy atom. The molecule has 9 heteroatoms. The number of hydrogen-bond donors (Lipinski definition) is 4. The molecule has 0 amide bonds. The van der Waals surface area contributed by atoms with E-state index in [4.69, 9.17) is 20.1 Å². The summed E-state index contributed by atoms with van der Waals surface area (Å²) in [6.07, 6.45) is -4.09. The third-order valence-corrected chi connectivity index (χ3v) is 2.08. The maximum absolute atomic E-state index is 11.3. The fourth-order valence-electron chi connectivity index (χ4n) is 1.19. The maximum atomic E-state index is 11.3. The summed E-state index contributed by atoms with van der Waals surface area (Å²) in [6, 6.07) is 0. The molecule has 0 aliphatic carbocycles. The largest absolute Gasteiger partial charge is 1.00 e. The minimum Gasteiger partial charge on any atom is -0.865 e. The standard InChI is InChI=1S/C9H14O8.Na/c10-1-4(12)3-16-8-6(14)9(15)17-7(8)5(13)2-11;/h4-5,7,10-14H,1-3H2;/q;+1/p-1. The first kappa shape index (κ1) is 17.6. The fraction of sp³-hybridized carbons (Fsp3) is 0.667. The minimum absolute atomic E-state index is 0. The quantitative estimate of drug-likeness (QED) is 0.276. The van der Waals surface area contributed by atoms with Gasteiger partial charge in [-0.25, -0.2) is 4.79 Å². The third-order valence-electron chi connectivity index (χ3n) is 2.08. The van der Waals surface area contributed by atoms with E-state index >= 15 is 0 Å². The SMILES string of the molecule is O=C1OC(C(O)CO)C(OCC(O)CO)=C1[O-].[Na+]. The monoisotopic (exact) mass is 272 g/mol. The number of carbonyl (C=O) groups excluding carboxylic acids is 1. The molecular weight excluding hydrogens is 259 g/mol. The van der Waals surface area contributed by atoms with E-state index in [9.17, 15) is 15.0 Å². The average Bonchev–Trinajstić information content (AvgIpc) is 2.62. The molecular formula is C9H13NaO8. The van der Waals surface area contributed by atoms with E-state index in [2.05, 4.69) is 4.74 Å². The van der Waals surface area contributed by atoms with Gasteiger partial charge < -0.3 is 35.0 Å². The Hall–Kier alpha value is -0.350. The van der Waals surface area contributed by atoms with Crippen molar-refractivity contribution < 1.29 is 69.4 Å². The van der Waals surface area contributed by atoms with Gasteiger partial charge in [0.15, 0.2) is 6.10 Å². The Morgan fingerprint density at radius 2 is 1.94 bits per heavy atom. The van der Waals surface area contributed by atoms with Gasteiger partial charge >= 0.3 is 35.5 Å². The number of rotatable bonds is 6. The predicted octanol–water partition coefficient (Wildman–Crippen LogP) is -6.79. The first-order chi connectivity index (χ1) is 8.01. The number of cyclic esters (lactones) is 1. The van der Waals surface area contributed by atoms with Crippen molar-refractivity contribution >= 4 is 5.97 Å². The van der Waals surface area contributed by atoms with E-state index in [-0.39, 0.29) is 29.6 Å². The molecule has 0 aromatic heterocycles. The summed E-state index contributed by atoms with van der Waals surface area (Å²) in [7, 11) is 0. The van der Waals surface area contributed by atoms with Gasteiger partial charge in [0.05, 0.1) is 13.2 Å². The van der Waals surface area contributed by atoms with E-state index in [1.807, 2.05) is 0 Å². The Morgan fingerprint density at radius 1 is 1.33 bits per heavy atom. The van der Waals surface area contributed by atoms with E-state index < -0.39 is 55.6 Å². The summed E-state index contributed by atoms with van der Waals surface area (Å²) >= 11 is 0. The molecule has 0 fully saturated rings. The minimum atomic E-state index is -1.48.